The van der Waals surface area contributed by atoms with E-state index >= 15 is 0 Å². The number of hydrogen-bond acceptors (Lipinski definition) is 0. The molecule has 0 amide bonds. The zero-order chi connectivity index (χ0) is 13.4. The standard InChI is InChI=1S/C15H10BrClFN/c16-11-4-5-15-10(8-11)6-7-19(15)9-12-13(17)2-1-3-14(12)18/h1-8H,9H2. The Morgan fingerprint density at radius 1 is 1.16 bits per heavy atom. The Morgan fingerprint density at radius 2 is 2.00 bits per heavy atom. The van der Waals surface area contributed by atoms with Crippen LogP contribution in [0.5, 0.6) is 0 Å². The Kier molecular flexibility index (Phi) is 3.33. The van der Waals surface area contributed by atoms with Gasteiger partial charge in [0.15, 0.2) is 0 Å². The third-order valence-electron chi connectivity index (χ3n) is 3.12. The first-order valence-corrected chi connectivity index (χ1v) is 6.99. The van der Waals surface area contributed by atoms with E-state index in [9.17, 15) is 4.39 Å². The molecule has 2 aromatic carbocycles. The number of rotatable bonds is 2. The number of halogens is 3. The van der Waals surface area contributed by atoms with Crippen LogP contribution in [0.3, 0.4) is 0 Å². The predicted molar refractivity (Wildman–Crippen MR) is 80.2 cm³/mol. The summed E-state index contributed by atoms with van der Waals surface area (Å²) < 4.78 is 16.8. The summed E-state index contributed by atoms with van der Waals surface area (Å²) in [6.45, 7) is 0.427. The molecule has 0 unspecified atom stereocenters. The minimum atomic E-state index is -0.272. The summed E-state index contributed by atoms with van der Waals surface area (Å²) in [5.41, 5.74) is 1.58. The molecule has 0 bridgehead atoms. The van der Waals surface area contributed by atoms with E-state index in [0.29, 0.717) is 17.1 Å². The number of fused-ring (bicyclic) bond motifs is 1. The van der Waals surface area contributed by atoms with Crippen LogP contribution in [0.4, 0.5) is 4.39 Å². The van der Waals surface area contributed by atoms with E-state index in [4.69, 9.17) is 11.6 Å². The van der Waals surface area contributed by atoms with Crippen molar-refractivity contribution in [3.05, 3.63) is 69.5 Å². The molecular formula is C15H10BrClFN. The van der Waals surface area contributed by atoms with Gasteiger partial charge in [-0.15, -0.1) is 0 Å². The molecular weight excluding hydrogens is 329 g/mol. The van der Waals surface area contributed by atoms with Crippen LogP contribution in [0, 0.1) is 5.82 Å². The molecule has 3 aromatic rings. The van der Waals surface area contributed by atoms with Crippen molar-refractivity contribution >= 4 is 38.4 Å². The van der Waals surface area contributed by atoms with Crippen molar-refractivity contribution in [1.29, 1.82) is 0 Å². The smallest absolute Gasteiger partial charge is 0.129 e. The summed E-state index contributed by atoms with van der Waals surface area (Å²) in [5, 5.41) is 1.57. The monoisotopic (exact) mass is 337 g/mol. The highest BCUT2D eigenvalue weighted by molar-refractivity contribution is 9.10. The Labute approximate surface area is 123 Å². The van der Waals surface area contributed by atoms with Gasteiger partial charge in [0.1, 0.15) is 5.82 Å². The van der Waals surface area contributed by atoms with Crippen LogP contribution in [-0.4, -0.2) is 4.57 Å². The number of hydrogen-bond donors (Lipinski definition) is 0. The first-order chi connectivity index (χ1) is 9.15. The van der Waals surface area contributed by atoms with Crippen molar-refractivity contribution < 1.29 is 4.39 Å². The van der Waals surface area contributed by atoms with Gasteiger partial charge in [0.05, 0.1) is 6.54 Å². The Balaban J connectivity index is 2.06. The molecule has 0 spiro atoms. The fraction of sp³-hybridized carbons (Fsp3) is 0.0667. The lowest BCUT2D eigenvalue weighted by Gasteiger charge is -2.08. The van der Waals surface area contributed by atoms with Crippen LogP contribution in [0.15, 0.2) is 53.1 Å². The Hall–Kier alpha value is -1.32. The fourth-order valence-electron chi connectivity index (χ4n) is 2.16. The van der Waals surface area contributed by atoms with Crippen molar-refractivity contribution in [3.63, 3.8) is 0 Å². The molecule has 1 nitrogen and oxygen atoms in total. The lowest BCUT2D eigenvalue weighted by molar-refractivity contribution is 0.602. The topological polar surface area (TPSA) is 4.93 Å². The van der Waals surface area contributed by atoms with Gasteiger partial charge in [-0.3, -0.25) is 0 Å². The zero-order valence-corrected chi connectivity index (χ0v) is 12.2. The van der Waals surface area contributed by atoms with E-state index in [1.54, 1.807) is 12.1 Å². The highest BCUT2D eigenvalue weighted by Gasteiger charge is 2.09. The molecule has 19 heavy (non-hydrogen) atoms. The maximum atomic E-state index is 13.8. The van der Waals surface area contributed by atoms with Crippen molar-refractivity contribution in [2.75, 3.05) is 0 Å². The lowest BCUT2D eigenvalue weighted by atomic mass is 10.2. The second-order valence-corrected chi connectivity index (χ2v) is 5.67. The minimum Gasteiger partial charge on any atom is -0.343 e. The first kappa shape index (κ1) is 12.7. The van der Waals surface area contributed by atoms with Crippen LogP contribution in [0.1, 0.15) is 5.56 Å². The van der Waals surface area contributed by atoms with Gasteiger partial charge < -0.3 is 4.57 Å². The molecule has 4 heteroatoms. The van der Waals surface area contributed by atoms with Crippen molar-refractivity contribution in [2.24, 2.45) is 0 Å². The highest BCUT2D eigenvalue weighted by Crippen LogP contribution is 2.25. The quantitative estimate of drug-likeness (QED) is 0.602. The summed E-state index contributed by atoms with van der Waals surface area (Å²) in [7, 11) is 0. The van der Waals surface area contributed by atoms with Gasteiger partial charge in [-0.05, 0) is 36.4 Å². The largest absolute Gasteiger partial charge is 0.343 e. The summed E-state index contributed by atoms with van der Waals surface area (Å²) >= 11 is 9.50. The van der Waals surface area contributed by atoms with E-state index in [2.05, 4.69) is 15.9 Å². The summed E-state index contributed by atoms with van der Waals surface area (Å²) in [5.74, 6) is -0.272. The molecule has 0 N–H and O–H groups in total. The third kappa shape index (κ3) is 2.40. The molecule has 0 radical (unpaired) electrons. The molecule has 1 heterocycles. The van der Waals surface area contributed by atoms with E-state index in [1.807, 2.05) is 35.0 Å². The van der Waals surface area contributed by atoms with E-state index in [0.717, 1.165) is 15.4 Å². The maximum Gasteiger partial charge on any atom is 0.129 e. The normalized spacial score (nSPS) is 11.1. The number of nitrogens with zero attached hydrogens (tertiary/aromatic N) is 1. The average Bonchev–Trinajstić information content (AvgIpc) is 2.76. The molecule has 3 rings (SSSR count). The molecule has 0 atom stereocenters. The van der Waals surface area contributed by atoms with Crippen LogP contribution in [0.2, 0.25) is 5.02 Å². The summed E-state index contributed by atoms with van der Waals surface area (Å²) in [6, 6.07) is 12.8. The van der Waals surface area contributed by atoms with Gasteiger partial charge in [0.2, 0.25) is 0 Å². The van der Waals surface area contributed by atoms with Crippen LogP contribution >= 0.6 is 27.5 Å². The van der Waals surface area contributed by atoms with Gasteiger partial charge in [0, 0.05) is 32.2 Å². The molecule has 96 valence electrons. The van der Waals surface area contributed by atoms with Gasteiger partial charge in [0.25, 0.3) is 0 Å². The minimum absolute atomic E-state index is 0.272. The van der Waals surface area contributed by atoms with E-state index in [-0.39, 0.29) is 5.82 Å². The van der Waals surface area contributed by atoms with Crippen molar-refractivity contribution in [2.45, 2.75) is 6.54 Å². The maximum absolute atomic E-state index is 13.8. The predicted octanol–water partition coefficient (Wildman–Crippen LogP) is 5.24. The summed E-state index contributed by atoms with van der Waals surface area (Å²) in [6.07, 6.45) is 1.94. The average molecular weight is 339 g/mol. The molecule has 0 aliphatic carbocycles. The lowest BCUT2D eigenvalue weighted by Crippen LogP contribution is -2.01. The summed E-state index contributed by atoms with van der Waals surface area (Å²) in [4.78, 5) is 0. The van der Waals surface area contributed by atoms with Crippen LogP contribution in [-0.2, 0) is 6.54 Å². The zero-order valence-electron chi connectivity index (χ0n) is 9.91. The third-order valence-corrected chi connectivity index (χ3v) is 3.97. The number of aromatic nitrogens is 1. The SMILES string of the molecule is Fc1cccc(Cl)c1Cn1ccc2cc(Br)ccc21. The molecule has 1 aromatic heterocycles. The molecule has 0 fully saturated rings. The molecule has 0 saturated carbocycles. The van der Waals surface area contributed by atoms with Gasteiger partial charge in [-0.1, -0.05) is 33.6 Å². The first-order valence-electron chi connectivity index (χ1n) is 5.82. The second-order valence-electron chi connectivity index (χ2n) is 4.35. The van der Waals surface area contributed by atoms with Crippen LogP contribution < -0.4 is 0 Å². The Bertz CT molecular complexity index is 731. The van der Waals surface area contributed by atoms with Crippen LogP contribution in [0.25, 0.3) is 10.9 Å². The number of benzene rings is 2. The molecule has 0 saturated heterocycles. The van der Waals surface area contributed by atoms with E-state index in [1.165, 1.54) is 6.07 Å². The second kappa shape index (κ2) is 4.99. The van der Waals surface area contributed by atoms with Crippen molar-refractivity contribution in [1.82, 2.24) is 4.57 Å². The Morgan fingerprint density at radius 3 is 2.79 bits per heavy atom. The van der Waals surface area contributed by atoms with Gasteiger partial charge in [-0.25, -0.2) is 4.39 Å². The van der Waals surface area contributed by atoms with Gasteiger partial charge >= 0.3 is 0 Å². The fourth-order valence-corrected chi connectivity index (χ4v) is 2.76. The molecule has 0 aliphatic heterocycles. The molecule has 0 aliphatic rings. The highest BCUT2D eigenvalue weighted by atomic mass is 79.9. The van der Waals surface area contributed by atoms with Gasteiger partial charge in [-0.2, -0.15) is 0 Å². The van der Waals surface area contributed by atoms with E-state index < -0.39 is 0 Å². The van der Waals surface area contributed by atoms with Crippen molar-refractivity contribution in [3.8, 4) is 0 Å².